The van der Waals surface area contributed by atoms with E-state index < -0.39 is 40.0 Å². The Morgan fingerprint density at radius 3 is 1.82 bits per heavy atom. The summed E-state index contributed by atoms with van der Waals surface area (Å²) >= 11 is 0. The van der Waals surface area contributed by atoms with Crippen molar-refractivity contribution in [3.8, 4) is 29.1 Å². The normalized spacial score (nSPS) is 20.2. The summed E-state index contributed by atoms with van der Waals surface area (Å²) in [4.78, 5) is 31.2. The van der Waals surface area contributed by atoms with Gasteiger partial charge in [-0.15, -0.1) is 32.6 Å². The number of nitriles is 1. The van der Waals surface area contributed by atoms with Gasteiger partial charge in [0.15, 0.2) is 35.2 Å². The molecule has 0 amide bonds. The Bertz CT molecular complexity index is 1410. The average Bonchev–Trinajstić information content (AvgIpc) is 3.67. The topological polar surface area (TPSA) is 187 Å². The molecule has 0 aromatic heterocycles. The molecule has 1 unspecified atom stereocenters. The van der Waals surface area contributed by atoms with Crippen LogP contribution in [0.1, 0.15) is 37.8 Å². The zero-order valence-electron chi connectivity index (χ0n) is 29.4. The molecule has 4 rings (SSSR count). The molecular weight excluding hydrogens is 680 g/mol. The molecular formula is C33H47ClN4O12. The lowest BCUT2D eigenvalue weighted by atomic mass is 9.69. The molecule has 2 heterocycles. The zero-order chi connectivity index (χ0) is 36.1. The van der Waals surface area contributed by atoms with Crippen molar-refractivity contribution in [3.05, 3.63) is 67.8 Å². The van der Waals surface area contributed by atoms with Gasteiger partial charge in [-0.05, 0) is 74.2 Å². The van der Waals surface area contributed by atoms with Gasteiger partial charge in [0.1, 0.15) is 12.2 Å². The standard InChI is InChI=1S/C27H38N2O4.C6H8N2O8.ClH/c1-20(2)27(19-28,22-10-12-24(31-5)26(18-22)33-7)14-8-15-29(3)16-13-21-9-11-23(30-4)25(17-21)32-6;9-7(10)15-3-1-13-6-4(16-8(11)12)2-14-5(3)6;/h9-12,17-18,20H,8,13-16H2,1-7H3;3-6H,1-2H2;1H/t;3-,4+,5-,6-;/m.1./s1. The summed E-state index contributed by atoms with van der Waals surface area (Å²) in [5.74, 6) is 2.99. The maximum absolute atomic E-state index is 10.2. The number of likely N-dealkylation sites (N-methyl/N-ethyl adjacent to an activating group) is 1. The van der Waals surface area contributed by atoms with Crippen molar-refractivity contribution >= 4 is 12.4 Å². The van der Waals surface area contributed by atoms with E-state index in [4.69, 9.17) is 28.4 Å². The number of hydrogen-bond acceptors (Lipinski definition) is 14. The molecule has 0 saturated carbocycles. The molecule has 50 heavy (non-hydrogen) atoms. The third-order valence-electron chi connectivity index (χ3n) is 8.83. The molecule has 0 bridgehead atoms. The molecule has 16 nitrogen and oxygen atoms in total. The Balaban J connectivity index is 0.000000425. The molecule has 2 fully saturated rings. The van der Waals surface area contributed by atoms with Crippen LogP contribution in [0, 0.1) is 37.5 Å². The number of rotatable bonds is 17. The summed E-state index contributed by atoms with van der Waals surface area (Å²) in [6, 6.07) is 14.5. The van der Waals surface area contributed by atoms with Gasteiger partial charge < -0.3 is 43.0 Å². The highest BCUT2D eigenvalue weighted by Crippen LogP contribution is 2.40. The minimum absolute atomic E-state index is 0. The van der Waals surface area contributed by atoms with E-state index in [1.807, 2.05) is 30.3 Å². The van der Waals surface area contributed by atoms with E-state index in [-0.39, 0.29) is 31.5 Å². The SMILES string of the molecule is COc1ccc(CCN(C)CCCC(C#N)(c2ccc(OC)c(OC)c2)C(C)C)cc1OC.Cl.O=[N+]([O-])O[C@H]1CO[C@H]2[C@@H]1OC[C@H]2O[N+](=O)[O-]. The van der Waals surface area contributed by atoms with Crippen LogP contribution in [0.4, 0.5) is 0 Å². The highest BCUT2D eigenvalue weighted by atomic mass is 35.5. The fourth-order valence-corrected chi connectivity index (χ4v) is 6.06. The molecule has 278 valence electrons. The van der Waals surface area contributed by atoms with E-state index in [1.165, 1.54) is 5.56 Å². The minimum atomic E-state index is -0.943. The Morgan fingerprint density at radius 1 is 0.860 bits per heavy atom. The van der Waals surface area contributed by atoms with Gasteiger partial charge in [-0.25, -0.2) is 0 Å². The summed E-state index contributed by atoms with van der Waals surface area (Å²) in [7, 11) is 8.67. The first-order valence-corrected chi connectivity index (χ1v) is 15.8. The first kappa shape index (κ1) is 41.9. The molecule has 0 aliphatic carbocycles. The predicted molar refractivity (Wildman–Crippen MR) is 182 cm³/mol. The third kappa shape index (κ3) is 10.6. The van der Waals surface area contributed by atoms with Gasteiger partial charge in [0, 0.05) is 6.54 Å². The number of benzene rings is 2. The van der Waals surface area contributed by atoms with E-state index >= 15 is 0 Å². The number of nitrogens with zero attached hydrogens (tertiary/aromatic N) is 4. The molecule has 5 atom stereocenters. The fraction of sp³-hybridized carbons (Fsp3) is 0.606. The molecule has 2 saturated heterocycles. The Kier molecular flexibility index (Phi) is 16.6. The van der Waals surface area contributed by atoms with Crippen molar-refractivity contribution < 1.29 is 48.3 Å². The van der Waals surface area contributed by atoms with E-state index in [9.17, 15) is 25.5 Å². The van der Waals surface area contributed by atoms with Crippen LogP contribution in [0.25, 0.3) is 0 Å². The van der Waals surface area contributed by atoms with Crippen LogP contribution in [0.15, 0.2) is 36.4 Å². The zero-order valence-corrected chi connectivity index (χ0v) is 30.2. The van der Waals surface area contributed by atoms with Crippen LogP contribution in [-0.4, -0.2) is 101 Å². The maximum atomic E-state index is 10.2. The van der Waals surface area contributed by atoms with Crippen LogP contribution in [0.3, 0.4) is 0 Å². The lowest BCUT2D eigenvalue weighted by Gasteiger charge is -2.32. The molecule has 0 N–H and O–H groups in total. The first-order chi connectivity index (χ1) is 23.4. The largest absolute Gasteiger partial charge is 0.493 e. The van der Waals surface area contributed by atoms with Crippen molar-refractivity contribution in [1.29, 1.82) is 5.26 Å². The number of fused-ring (bicyclic) bond motifs is 1. The average molecular weight is 727 g/mol. The molecule has 17 heteroatoms. The van der Waals surface area contributed by atoms with Crippen LogP contribution >= 0.6 is 12.4 Å². The van der Waals surface area contributed by atoms with Crippen molar-refractivity contribution in [2.75, 3.05) is 61.8 Å². The van der Waals surface area contributed by atoms with Gasteiger partial charge in [0.2, 0.25) is 0 Å². The summed E-state index contributed by atoms with van der Waals surface area (Å²) in [5, 5.41) is 28.6. The van der Waals surface area contributed by atoms with Crippen molar-refractivity contribution in [2.45, 2.75) is 62.9 Å². The van der Waals surface area contributed by atoms with Gasteiger partial charge in [-0.3, -0.25) is 0 Å². The maximum Gasteiger partial charge on any atom is 0.294 e. The third-order valence-corrected chi connectivity index (χ3v) is 8.83. The highest BCUT2D eigenvalue weighted by molar-refractivity contribution is 5.85. The van der Waals surface area contributed by atoms with E-state index in [1.54, 1.807) is 28.4 Å². The number of ether oxygens (including phenoxy) is 6. The van der Waals surface area contributed by atoms with E-state index in [0.717, 1.165) is 49.4 Å². The van der Waals surface area contributed by atoms with Crippen molar-refractivity contribution in [3.63, 3.8) is 0 Å². The number of methoxy groups -OCH3 is 4. The first-order valence-electron chi connectivity index (χ1n) is 15.8. The molecule has 2 aliphatic rings. The predicted octanol–water partition coefficient (Wildman–Crippen LogP) is 4.45. The van der Waals surface area contributed by atoms with E-state index in [2.05, 4.69) is 47.6 Å². The van der Waals surface area contributed by atoms with Crippen LogP contribution in [-0.2, 0) is 31.0 Å². The molecule has 2 aromatic carbocycles. The van der Waals surface area contributed by atoms with Crippen LogP contribution in [0.2, 0.25) is 0 Å². The summed E-state index contributed by atoms with van der Waals surface area (Å²) in [6.45, 7) is 5.97. The van der Waals surface area contributed by atoms with Crippen LogP contribution in [0.5, 0.6) is 23.0 Å². The smallest absolute Gasteiger partial charge is 0.294 e. The summed E-state index contributed by atoms with van der Waals surface area (Å²) in [5.41, 5.74) is 1.60. The number of hydrogen-bond donors (Lipinski definition) is 0. The quantitative estimate of drug-likeness (QED) is 0.164. The Hall–Kier alpha value is -4.30. The molecule has 2 aliphatic heterocycles. The Morgan fingerprint density at radius 2 is 1.36 bits per heavy atom. The second-order valence-corrected chi connectivity index (χ2v) is 12.0. The van der Waals surface area contributed by atoms with Gasteiger partial charge in [0.05, 0.1) is 53.1 Å². The lowest BCUT2D eigenvalue weighted by Crippen LogP contribution is -2.35. The molecule has 2 aromatic rings. The van der Waals surface area contributed by atoms with Gasteiger partial charge in [-0.2, -0.15) is 5.26 Å². The van der Waals surface area contributed by atoms with Crippen LogP contribution < -0.4 is 18.9 Å². The molecule has 0 spiro atoms. The van der Waals surface area contributed by atoms with Crippen molar-refractivity contribution in [2.24, 2.45) is 5.92 Å². The summed E-state index contributed by atoms with van der Waals surface area (Å²) in [6.07, 6.45) is -0.508. The summed E-state index contributed by atoms with van der Waals surface area (Å²) < 4.78 is 31.8. The fourth-order valence-electron chi connectivity index (χ4n) is 6.06. The monoisotopic (exact) mass is 726 g/mol. The van der Waals surface area contributed by atoms with Crippen molar-refractivity contribution in [1.82, 2.24) is 4.90 Å². The second-order valence-electron chi connectivity index (χ2n) is 12.0. The highest BCUT2D eigenvalue weighted by Gasteiger charge is 2.51. The lowest BCUT2D eigenvalue weighted by molar-refractivity contribution is -0.769. The number of halogens is 1. The minimum Gasteiger partial charge on any atom is -0.493 e. The second kappa shape index (κ2) is 19.8. The van der Waals surface area contributed by atoms with Gasteiger partial charge in [-0.1, -0.05) is 26.0 Å². The van der Waals surface area contributed by atoms with Gasteiger partial charge >= 0.3 is 0 Å². The van der Waals surface area contributed by atoms with E-state index in [0.29, 0.717) is 11.5 Å². The van der Waals surface area contributed by atoms with Gasteiger partial charge in [0.25, 0.3) is 10.2 Å². The Labute approximate surface area is 298 Å². The molecule has 0 radical (unpaired) electrons.